The number of hydrogen-bond acceptors (Lipinski definition) is 4. The summed E-state index contributed by atoms with van der Waals surface area (Å²) in [5.41, 5.74) is 0.445. The van der Waals surface area contributed by atoms with Crippen molar-refractivity contribution in [3.05, 3.63) is 32.9 Å². The summed E-state index contributed by atoms with van der Waals surface area (Å²) >= 11 is 3.23. The van der Waals surface area contributed by atoms with Gasteiger partial charge < -0.3 is 10.1 Å². The van der Waals surface area contributed by atoms with E-state index in [1.54, 1.807) is 18.3 Å². The summed E-state index contributed by atoms with van der Waals surface area (Å²) in [5, 5.41) is 13.9. The van der Waals surface area contributed by atoms with Gasteiger partial charge in [-0.3, -0.25) is 0 Å². The number of halogens is 1. The molecule has 0 fully saturated rings. The molecule has 0 aliphatic rings. The smallest absolute Gasteiger partial charge is 0.390 e. The zero-order valence-corrected chi connectivity index (χ0v) is 7.80. The fraction of sp³-hybridized carbons (Fsp3) is 0. The number of nitro groups is 1. The van der Waals surface area contributed by atoms with Crippen molar-refractivity contribution in [2.75, 3.05) is 0 Å². The number of pyridine rings is 1. The second kappa shape index (κ2) is 2.77. The Balaban J connectivity index is 2.68. The van der Waals surface area contributed by atoms with Gasteiger partial charge in [-0.2, -0.15) is 0 Å². The van der Waals surface area contributed by atoms with Gasteiger partial charge in [0.15, 0.2) is 0 Å². The molecule has 13 heavy (non-hydrogen) atoms. The largest absolute Gasteiger partial charge is 0.491 e. The Labute approximate surface area is 80.5 Å². The molecule has 2 heterocycles. The van der Waals surface area contributed by atoms with Crippen LogP contribution in [-0.4, -0.2) is 19.5 Å². The van der Waals surface area contributed by atoms with Crippen molar-refractivity contribution in [2.45, 2.75) is 0 Å². The van der Waals surface area contributed by atoms with Crippen LogP contribution in [0.4, 0.5) is 5.95 Å². The number of aromatic nitrogens is 3. The molecule has 0 saturated carbocycles. The van der Waals surface area contributed by atoms with Gasteiger partial charge in [-0.15, -0.1) is 4.52 Å². The lowest BCUT2D eigenvalue weighted by atomic mass is 10.5. The first kappa shape index (κ1) is 8.11. The summed E-state index contributed by atoms with van der Waals surface area (Å²) in [6.07, 6.45) is 1.60. The fourth-order valence-electron chi connectivity index (χ4n) is 0.922. The lowest BCUT2D eigenvalue weighted by molar-refractivity contribution is -0.394. The first-order valence-electron chi connectivity index (χ1n) is 3.33. The standard InChI is InChI=1S/C6H3BrN4O2/c7-4-1-2-10-5(3-4)8-6(9-10)11(12)13/h1-3H. The van der Waals surface area contributed by atoms with E-state index in [1.165, 1.54) is 4.52 Å². The minimum atomic E-state index is -0.624. The third-order valence-electron chi connectivity index (χ3n) is 1.45. The average molecular weight is 243 g/mol. The van der Waals surface area contributed by atoms with Gasteiger partial charge in [0.1, 0.15) is 0 Å². The molecule has 0 unspecified atom stereocenters. The van der Waals surface area contributed by atoms with E-state index in [-0.39, 0.29) is 0 Å². The van der Waals surface area contributed by atoms with E-state index in [1.807, 2.05) is 0 Å². The molecule has 0 aliphatic carbocycles. The van der Waals surface area contributed by atoms with E-state index in [2.05, 4.69) is 26.0 Å². The van der Waals surface area contributed by atoms with Crippen LogP contribution in [0, 0.1) is 10.1 Å². The quantitative estimate of drug-likeness (QED) is 0.560. The van der Waals surface area contributed by atoms with Crippen molar-refractivity contribution in [3.8, 4) is 0 Å². The zero-order valence-electron chi connectivity index (χ0n) is 6.22. The molecular weight excluding hydrogens is 240 g/mol. The van der Waals surface area contributed by atoms with Crippen LogP contribution in [0.15, 0.2) is 22.8 Å². The molecule has 0 radical (unpaired) electrons. The summed E-state index contributed by atoms with van der Waals surface area (Å²) in [4.78, 5) is 13.4. The third-order valence-corrected chi connectivity index (χ3v) is 1.94. The van der Waals surface area contributed by atoms with Crippen LogP contribution in [0.25, 0.3) is 5.65 Å². The lowest BCUT2D eigenvalue weighted by Crippen LogP contribution is -1.90. The molecule has 66 valence electrons. The van der Waals surface area contributed by atoms with Gasteiger partial charge in [0.2, 0.25) is 5.65 Å². The number of hydrogen-bond donors (Lipinski definition) is 0. The Hall–Kier alpha value is -1.50. The molecule has 0 amide bonds. The highest BCUT2D eigenvalue weighted by molar-refractivity contribution is 9.10. The molecule has 7 heteroatoms. The Morgan fingerprint density at radius 1 is 1.62 bits per heavy atom. The van der Waals surface area contributed by atoms with E-state index in [9.17, 15) is 10.1 Å². The Morgan fingerprint density at radius 2 is 2.38 bits per heavy atom. The SMILES string of the molecule is O=[N+]([O-])c1nc2cc(Br)ccn2n1. The number of fused-ring (bicyclic) bond motifs is 1. The zero-order chi connectivity index (χ0) is 9.42. The molecule has 2 aromatic rings. The maximum absolute atomic E-state index is 10.3. The van der Waals surface area contributed by atoms with Gasteiger partial charge in [0.25, 0.3) is 0 Å². The monoisotopic (exact) mass is 242 g/mol. The average Bonchev–Trinajstić information content (AvgIpc) is 2.46. The topological polar surface area (TPSA) is 73.3 Å². The van der Waals surface area contributed by atoms with Crippen LogP contribution in [0.5, 0.6) is 0 Å². The molecule has 0 bridgehead atoms. The first-order chi connectivity index (χ1) is 6.16. The maximum atomic E-state index is 10.3. The Morgan fingerprint density at radius 3 is 3.08 bits per heavy atom. The molecule has 0 spiro atoms. The van der Waals surface area contributed by atoms with E-state index in [0.29, 0.717) is 5.65 Å². The van der Waals surface area contributed by atoms with Gasteiger partial charge in [0.05, 0.1) is 0 Å². The highest BCUT2D eigenvalue weighted by Crippen LogP contribution is 2.13. The number of rotatable bonds is 1. The second-order valence-electron chi connectivity index (χ2n) is 2.32. The predicted octanol–water partition coefficient (Wildman–Crippen LogP) is 1.40. The van der Waals surface area contributed by atoms with Crippen LogP contribution in [0.1, 0.15) is 0 Å². The summed E-state index contributed by atoms with van der Waals surface area (Å²) in [5.74, 6) is -0.391. The molecule has 6 nitrogen and oxygen atoms in total. The van der Waals surface area contributed by atoms with Gasteiger partial charge >= 0.3 is 5.95 Å². The van der Waals surface area contributed by atoms with E-state index in [4.69, 9.17) is 0 Å². The van der Waals surface area contributed by atoms with Crippen LogP contribution in [-0.2, 0) is 0 Å². The van der Waals surface area contributed by atoms with Gasteiger partial charge in [0, 0.05) is 21.8 Å². The summed E-state index contributed by atoms with van der Waals surface area (Å²) in [6, 6.07) is 3.38. The van der Waals surface area contributed by atoms with Gasteiger partial charge in [-0.1, -0.05) is 15.9 Å². The molecule has 0 atom stereocenters. The van der Waals surface area contributed by atoms with E-state index < -0.39 is 10.9 Å². The van der Waals surface area contributed by atoms with Crippen molar-refractivity contribution in [1.29, 1.82) is 0 Å². The molecular formula is C6H3BrN4O2. The summed E-state index contributed by atoms with van der Waals surface area (Å²) in [7, 11) is 0. The first-order valence-corrected chi connectivity index (χ1v) is 4.12. The predicted molar refractivity (Wildman–Crippen MR) is 47.3 cm³/mol. The summed E-state index contributed by atoms with van der Waals surface area (Å²) < 4.78 is 2.16. The van der Waals surface area contributed by atoms with Crippen molar-refractivity contribution in [3.63, 3.8) is 0 Å². The third kappa shape index (κ3) is 1.37. The minimum absolute atomic E-state index is 0.391. The molecule has 2 rings (SSSR count). The van der Waals surface area contributed by atoms with Crippen LogP contribution < -0.4 is 0 Å². The molecule has 0 aromatic carbocycles. The molecule has 0 aliphatic heterocycles. The lowest BCUT2D eigenvalue weighted by Gasteiger charge is -1.84. The highest BCUT2D eigenvalue weighted by atomic mass is 79.9. The maximum Gasteiger partial charge on any atom is 0.491 e. The van der Waals surface area contributed by atoms with E-state index in [0.717, 1.165) is 4.47 Å². The Bertz CT molecular complexity index is 480. The van der Waals surface area contributed by atoms with Gasteiger partial charge in [-0.05, 0) is 16.0 Å². The van der Waals surface area contributed by atoms with Crippen LogP contribution >= 0.6 is 15.9 Å². The van der Waals surface area contributed by atoms with Crippen LogP contribution in [0.3, 0.4) is 0 Å². The van der Waals surface area contributed by atoms with Crippen LogP contribution in [0.2, 0.25) is 0 Å². The fourth-order valence-corrected chi connectivity index (χ4v) is 1.25. The van der Waals surface area contributed by atoms with Gasteiger partial charge in [-0.25, -0.2) is 0 Å². The van der Waals surface area contributed by atoms with Crippen molar-refractivity contribution >= 4 is 27.5 Å². The van der Waals surface area contributed by atoms with Crippen molar-refractivity contribution in [1.82, 2.24) is 14.6 Å². The molecule has 0 N–H and O–H groups in total. The van der Waals surface area contributed by atoms with Crippen molar-refractivity contribution in [2.24, 2.45) is 0 Å². The van der Waals surface area contributed by atoms with Crippen molar-refractivity contribution < 1.29 is 4.92 Å². The highest BCUT2D eigenvalue weighted by Gasteiger charge is 2.15. The normalized spacial score (nSPS) is 10.5. The molecule has 0 saturated heterocycles. The summed E-state index contributed by atoms with van der Waals surface area (Å²) in [6.45, 7) is 0. The number of nitrogens with zero attached hydrogens (tertiary/aromatic N) is 4. The molecule has 2 aromatic heterocycles. The Kier molecular flexibility index (Phi) is 1.73. The second-order valence-corrected chi connectivity index (χ2v) is 3.23. The van der Waals surface area contributed by atoms with E-state index >= 15 is 0 Å². The minimum Gasteiger partial charge on any atom is -0.390 e.